The minimum absolute atomic E-state index is 0.0166. The van der Waals surface area contributed by atoms with Gasteiger partial charge in [-0.15, -0.1) is 11.6 Å². The van der Waals surface area contributed by atoms with Gasteiger partial charge in [-0.2, -0.15) is 13.2 Å². The van der Waals surface area contributed by atoms with Crippen molar-refractivity contribution in [1.29, 1.82) is 0 Å². The summed E-state index contributed by atoms with van der Waals surface area (Å²) in [4.78, 5) is 1.67. The molecule has 1 nitrogen and oxygen atoms in total. The van der Waals surface area contributed by atoms with Crippen LogP contribution < -0.4 is 4.90 Å². The molecule has 0 saturated carbocycles. The first kappa shape index (κ1) is 16.2. The van der Waals surface area contributed by atoms with Crippen molar-refractivity contribution in [2.24, 2.45) is 5.92 Å². The lowest BCUT2D eigenvalue weighted by Crippen LogP contribution is -2.34. The van der Waals surface area contributed by atoms with Crippen LogP contribution in [-0.2, 0) is 12.1 Å². The summed E-state index contributed by atoms with van der Waals surface area (Å²) in [5.41, 5.74) is 0.0477. The summed E-state index contributed by atoms with van der Waals surface area (Å²) in [5.74, 6) is 0.339. The Balaban J connectivity index is 3.27. The minimum atomic E-state index is -4.37. The molecule has 5 heteroatoms. The summed E-state index contributed by atoms with van der Waals surface area (Å²) >= 11 is 5.61. The van der Waals surface area contributed by atoms with Crippen LogP contribution in [0.25, 0.3) is 0 Å². The van der Waals surface area contributed by atoms with Gasteiger partial charge in [0.25, 0.3) is 0 Å². The molecule has 0 aliphatic heterocycles. The van der Waals surface area contributed by atoms with Crippen molar-refractivity contribution < 1.29 is 13.2 Å². The molecule has 1 aromatic carbocycles. The third kappa shape index (κ3) is 3.78. The van der Waals surface area contributed by atoms with E-state index in [1.54, 1.807) is 18.0 Å². The molecule has 0 N–H and O–H groups in total. The third-order valence-electron chi connectivity index (χ3n) is 3.48. The highest BCUT2D eigenvalue weighted by molar-refractivity contribution is 6.17. The van der Waals surface area contributed by atoms with E-state index in [2.05, 4.69) is 0 Å². The van der Waals surface area contributed by atoms with E-state index >= 15 is 0 Å². The molecule has 0 aliphatic rings. The van der Waals surface area contributed by atoms with Gasteiger partial charge in [0.1, 0.15) is 0 Å². The van der Waals surface area contributed by atoms with E-state index in [9.17, 15) is 13.2 Å². The molecule has 1 atom stereocenters. The number of anilines is 1. The lowest BCUT2D eigenvalue weighted by molar-refractivity contribution is -0.137. The van der Waals surface area contributed by atoms with E-state index in [1.807, 2.05) is 20.8 Å². The average Bonchev–Trinajstić information content (AvgIpc) is 2.35. The standard InChI is InChI=1S/C14H19ClF3N/c1-9(2)10(3)19(4)13-6-5-11(8-15)7-12(13)14(16,17)18/h5-7,9-10H,8H2,1-4H3. The Morgan fingerprint density at radius 1 is 1.21 bits per heavy atom. The van der Waals surface area contributed by atoms with Gasteiger partial charge >= 0.3 is 6.18 Å². The molecule has 0 aromatic heterocycles. The maximum Gasteiger partial charge on any atom is 0.418 e. The lowest BCUT2D eigenvalue weighted by atomic mass is 10.0. The summed E-state index contributed by atoms with van der Waals surface area (Å²) in [6.45, 7) is 5.89. The van der Waals surface area contributed by atoms with Crippen LogP contribution >= 0.6 is 11.6 Å². The number of alkyl halides is 4. The predicted molar refractivity (Wildman–Crippen MR) is 73.7 cm³/mol. The van der Waals surface area contributed by atoms with Gasteiger partial charge in [0, 0.05) is 24.7 Å². The molecule has 0 aliphatic carbocycles. The molecule has 1 rings (SSSR count). The Morgan fingerprint density at radius 3 is 2.21 bits per heavy atom. The largest absolute Gasteiger partial charge is 0.418 e. The molecule has 0 radical (unpaired) electrons. The van der Waals surface area contributed by atoms with E-state index in [0.29, 0.717) is 5.56 Å². The molecule has 0 heterocycles. The Labute approximate surface area is 117 Å². The summed E-state index contributed by atoms with van der Waals surface area (Å²) in [7, 11) is 1.69. The van der Waals surface area contributed by atoms with Gasteiger partial charge in [-0.05, 0) is 30.5 Å². The highest BCUT2D eigenvalue weighted by Gasteiger charge is 2.35. The SMILES string of the molecule is CC(C)C(C)N(C)c1ccc(CCl)cc1C(F)(F)F. The zero-order chi connectivity index (χ0) is 14.8. The van der Waals surface area contributed by atoms with Gasteiger partial charge in [0.2, 0.25) is 0 Å². The monoisotopic (exact) mass is 293 g/mol. The zero-order valence-corrected chi connectivity index (χ0v) is 12.3. The van der Waals surface area contributed by atoms with E-state index in [0.717, 1.165) is 6.07 Å². The van der Waals surface area contributed by atoms with Gasteiger partial charge in [0.15, 0.2) is 0 Å². The predicted octanol–water partition coefficient (Wildman–Crippen LogP) is 4.92. The number of halogens is 4. The quantitative estimate of drug-likeness (QED) is 0.712. The molecule has 0 fully saturated rings. The second kappa shape index (κ2) is 6.04. The first-order valence-corrected chi connectivity index (χ1v) is 6.70. The number of hydrogen-bond donors (Lipinski definition) is 0. The average molecular weight is 294 g/mol. The fraction of sp³-hybridized carbons (Fsp3) is 0.571. The van der Waals surface area contributed by atoms with Gasteiger partial charge in [-0.3, -0.25) is 0 Å². The van der Waals surface area contributed by atoms with Gasteiger partial charge < -0.3 is 4.90 Å². The molecule has 0 bridgehead atoms. The van der Waals surface area contributed by atoms with Gasteiger partial charge in [0.05, 0.1) is 5.56 Å². The van der Waals surface area contributed by atoms with Crippen LogP contribution in [0.2, 0.25) is 0 Å². The molecule has 108 valence electrons. The Bertz CT molecular complexity index is 429. The maximum absolute atomic E-state index is 13.1. The van der Waals surface area contributed by atoms with Crippen molar-refractivity contribution in [1.82, 2.24) is 0 Å². The molecule has 1 unspecified atom stereocenters. The highest BCUT2D eigenvalue weighted by atomic mass is 35.5. The fourth-order valence-electron chi connectivity index (χ4n) is 1.87. The van der Waals surface area contributed by atoms with E-state index in [4.69, 9.17) is 11.6 Å². The normalized spacial score (nSPS) is 13.7. The summed E-state index contributed by atoms with van der Waals surface area (Å²) in [6.07, 6.45) is -4.37. The van der Waals surface area contributed by atoms with Crippen LogP contribution in [0.5, 0.6) is 0 Å². The van der Waals surface area contributed by atoms with Gasteiger partial charge in [-0.1, -0.05) is 19.9 Å². The smallest absolute Gasteiger partial charge is 0.371 e. The number of rotatable bonds is 4. The lowest BCUT2D eigenvalue weighted by Gasteiger charge is -2.32. The van der Waals surface area contributed by atoms with Gasteiger partial charge in [-0.25, -0.2) is 0 Å². The molecule has 0 spiro atoms. The molecular formula is C14H19ClF3N. The topological polar surface area (TPSA) is 3.24 Å². The second-order valence-corrected chi connectivity index (χ2v) is 5.35. The maximum atomic E-state index is 13.1. The number of benzene rings is 1. The Kier molecular flexibility index (Phi) is 5.13. The van der Waals surface area contributed by atoms with E-state index in [-0.39, 0.29) is 23.5 Å². The Hall–Kier alpha value is -0.900. The molecule has 0 saturated heterocycles. The van der Waals surface area contributed by atoms with E-state index in [1.165, 1.54) is 6.07 Å². The van der Waals surface area contributed by atoms with Crippen LogP contribution in [-0.4, -0.2) is 13.1 Å². The third-order valence-corrected chi connectivity index (χ3v) is 3.78. The second-order valence-electron chi connectivity index (χ2n) is 5.08. The van der Waals surface area contributed by atoms with Crippen LogP contribution in [0.4, 0.5) is 18.9 Å². The van der Waals surface area contributed by atoms with Crippen LogP contribution in [0.3, 0.4) is 0 Å². The Morgan fingerprint density at radius 2 is 1.79 bits per heavy atom. The summed E-state index contributed by atoms with van der Waals surface area (Å²) in [6, 6.07) is 4.29. The van der Waals surface area contributed by atoms with Crippen molar-refractivity contribution in [3.63, 3.8) is 0 Å². The van der Waals surface area contributed by atoms with Crippen molar-refractivity contribution >= 4 is 17.3 Å². The first-order valence-electron chi connectivity index (χ1n) is 6.17. The summed E-state index contributed by atoms with van der Waals surface area (Å²) < 4.78 is 39.4. The first-order chi connectivity index (χ1) is 8.68. The molecular weight excluding hydrogens is 275 g/mol. The molecule has 1 aromatic rings. The molecule has 0 amide bonds. The fourth-order valence-corrected chi connectivity index (χ4v) is 2.03. The van der Waals surface area contributed by atoms with Crippen LogP contribution in [0, 0.1) is 5.92 Å². The molecule has 19 heavy (non-hydrogen) atoms. The summed E-state index contributed by atoms with van der Waals surface area (Å²) in [5, 5.41) is 0. The zero-order valence-electron chi connectivity index (χ0n) is 11.6. The number of hydrogen-bond acceptors (Lipinski definition) is 1. The minimum Gasteiger partial charge on any atom is -0.371 e. The van der Waals surface area contributed by atoms with Crippen molar-refractivity contribution in [2.45, 2.75) is 38.9 Å². The highest BCUT2D eigenvalue weighted by Crippen LogP contribution is 2.38. The van der Waals surface area contributed by atoms with Crippen molar-refractivity contribution in [2.75, 3.05) is 11.9 Å². The van der Waals surface area contributed by atoms with E-state index < -0.39 is 11.7 Å². The van der Waals surface area contributed by atoms with Crippen LogP contribution in [0.1, 0.15) is 31.9 Å². The number of nitrogens with zero attached hydrogens (tertiary/aromatic N) is 1. The van der Waals surface area contributed by atoms with Crippen molar-refractivity contribution in [3.05, 3.63) is 29.3 Å². The van der Waals surface area contributed by atoms with Crippen molar-refractivity contribution in [3.8, 4) is 0 Å². The van der Waals surface area contributed by atoms with Crippen LogP contribution in [0.15, 0.2) is 18.2 Å².